The summed E-state index contributed by atoms with van der Waals surface area (Å²) in [5.74, 6) is 0.138. The van der Waals surface area contributed by atoms with Gasteiger partial charge in [0.1, 0.15) is 16.6 Å². The number of benzene rings is 1. The van der Waals surface area contributed by atoms with Crippen molar-refractivity contribution in [2.75, 3.05) is 32.7 Å². The maximum absolute atomic E-state index is 13.1. The van der Waals surface area contributed by atoms with Gasteiger partial charge >= 0.3 is 0 Å². The minimum absolute atomic E-state index is 0.186. The van der Waals surface area contributed by atoms with Crippen molar-refractivity contribution in [1.82, 2.24) is 9.80 Å². The van der Waals surface area contributed by atoms with E-state index in [9.17, 15) is 12.8 Å². The van der Waals surface area contributed by atoms with E-state index in [2.05, 4.69) is 16.2 Å². The second-order valence-electron chi connectivity index (χ2n) is 5.77. The molecule has 124 valence electrons. The Labute approximate surface area is 136 Å². The number of sulfonamides is 1. The summed E-state index contributed by atoms with van der Waals surface area (Å²) in [6, 6.07) is 5.50. The van der Waals surface area contributed by atoms with Crippen LogP contribution in [0.5, 0.6) is 0 Å². The van der Waals surface area contributed by atoms with Gasteiger partial charge in [-0.15, -0.1) is 4.40 Å². The molecule has 2 aliphatic rings. The Morgan fingerprint density at radius 1 is 1.13 bits per heavy atom. The van der Waals surface area contributed by atoms with Gasteiger partial charge in [0.15, 0.2) is 0 Å². The lowest BCUT2D eigenvalue weighted by Gasteiger charge is -2.35. The average Bonchev–Trinajstić information content (AvgIpc) is 2.78. The number of rotatable bonds is 2. The molecule has 1 aromatic carbocycles. The van der Waals surface area contributed by atoms with Gasteiger partial charge in [0.05, 0.1) is 0 Å². The molecule has 0 bridgehead atoms. The highest BCUT2D eigenvalue weighted by Crippen LogP contribution is 2.33. The highest BCUT2D eigenvalue weighted by atomic mass is 32.2. The van der Waals surface area contributed by atoms with Gasteiger partial charge in [-0.1, -0.05) is 19.1 Å². The third-order valence-electron chi connectivity index (χ3n) is 4.37. The Morgan fingerprint density at radius 2 is 1.74 bits per heavy atom. The van der Waals surface area contributed by atoms with Gasteiger partial charge in [0.25, 0.3) is 10.0 Å². The highest BCUT2D eigenvalue weighted by Gasteiger charge is 2.34. The molecule has 1 saturated heterocycles. The predicted molar refractivity (Wildman–Crippen MR) is 89.0 cm³/mol. The SMILES string of the molecule is CCN1CCN(C2=NS(=O)(=O)C(c3ccc(F)cc3)=C2C)CC1. The molecule has 1 fully saturated rings. The number of nitrogens with zero attached hydrogens (tertiary/aromatic N) is 3. The molecule has 1 aromatic rings. The first-order valence-electron chi connectivity index (χ1n) is 7.72. The Hall–Kier alpha value is -1.73. The zero-order valence-corrected chi connectivity index (χ0v) is 14.1. The third kappa shape index (κ3) is 3.03. The largest absolute Gasteiger partial charge is 0.353 e. The van der Waals surface area contributed by atoms with Crippen molar-refractivity contribution < 1.29 is 12.8 Å². The first-order valence-corrected chi connectivity index (χ1v) is 9.16. The molecule has 0 aromatic heterocycles. The minimum atomic E-state index is -3.73. The van der Waals surface area contributed by atoms with E-state index in [4.69, 9.17) is 0 Å². The molecule has 0 atom stereocenters. The molecule has 23 heavy (non-hydrogen) atoms. The van der Waals surface area contributed by atoms with Gasteiger partial charge in [-0.3, -0.25) is 0 Å². The standard InChI is InChI=1S/C16H20FN3O2S/c1-3-19-8-10-20(11-9-19)16-12(2)15(23(21,22)18-16)13-4-6-14(17)7-5-13/h4-7H,3,8-11H2,1-2H3. The molecule has 0 unspecified atom stereocenters. The third-order valence-corrected chi connectivity index (χ3v) is 5.84. The second kappa shape index (κ2) is 6.05. The van der Waals surface area contributed by atoms with Crippen LogP contribution in [0.3, 0.4) is 0 Å². The molecule has 2 heterocycles. The van der Waals surface area contributed by atoms with Crippen LogP contribution >= 0.6 is 0 Å². The Bertz CT molecular complexity index is 761. The molecular weight excluding hydrogens is 317 g/mol. The maximum atomic E-state index is 13.1. The van der Waals surface area contributed by atoms with E-state index >= 15 is 0 Å². The fourth-order valence-corrected chi connectivity index (χ4v) is 4.54. The van der Waals surface area contributed by atoms with Gasteiger partial charge in [0, 0.05) is 31.8 Å². The summed E-state index contributed by atoms with van der Waals surface area (Å²) >= 11 is 0. The predicted octanol–water partition coefficient (Wildman–Crippen LogP) is 1.94. The lowest BCUT2D eigenvalue weighted by molar-refractivity contribution is 0.190. The molecule has 3 rings (SSSR count). The monoisotopic (exact) mass is 337 g/mol. The zero-order chi connectivity index (χ0) is 16.6. The van der Waals surface area contributed by atoms with Crippen LogP contribution in [0.1, 0.15) is 19.4 Å². The summed E-state index contributed by atoms with van der Waals surface area (Å²) < 4.78 is 42.0. The molecule has 0 radical (unpaired) electrons. The quantitative estimate of drug-likeness (QED) is 0.828. The van der Waals surface area contributed by atoms with Gasteiger partial charge in [-0.25, -0.2) is 4.39 Å². The number of hydrogen-bond donors (Lipinski definition) is 0. The van der Waals surface area contributed by atoms with E-state index < -0.39 is 10.0 Å². The summed E-state index contributed by atoms with van der Waals surface area (Å²) in [4.78, 5) is 4.53. The minimum Gasteiger partial charge on any atom is -0.353 e. The lowest BCUT2D eigenvalue weighted by atomic mass is 10.1. The van der Waals surface area contributed by atoms with Crippen molar-refractivity contribution in [3.05, 3.63) is 41.2 Å². The van der Waals surface area contributed by atoms with E-state index in [1.165, 1.54) is 24.3 Å². The lowest BCUT2D eigenvalue weighted by Crippen LogP contribution is -2.48. The number of amidine groups is 1. The molecule has 5 nitrogen and oxygen atoms in total. The fraction of sp³-hybridized carbons (Fsp3) is 0.438. The van der Waals surface area contributed by atoms with Crippen LogP contribution in [0.25, 0.3) is 4.91 Å². The van der Waals surface area contributed by atoms with Crippen molar-refractivity contribution in [3.8, 4) is 0 Å². The fourth-order valence-electron chi connectivity index (χ4n) is 3.06. The molecule has 0 aliphatic carbocycles. The van der Waals surface area contributed by atoms with E-state index in [1.807, 2.05) is 4.90 Å². The summed E-state index contributed by atoms with van der Waals surface area (Å²) in [6.45, 7) is 8.20. The van der Waals surface area contributed by atoms with Crippen molar-refractivity contribution in [3.63, 3.8) is 0 Å². The maximum Gasteiger partial charge on any atom is 0.285 e. The van der Waals surface area contributed by atoms with E-state index in [-0.39, 0.29) is 10.7 Å². The molecule has 0 amide bonds. The number of piperazine rings is 1. The van der Waals surface area contributed by atoms with Gasteiger partial charge in [-0.2, -0.15) is 8.42 Å². The van der Waals surface area contributed by atoms with Crippen molar-refractivity contribution in [2.24, 2.45) is 4.40 Å². The van der Waals surface area contributed by atoms with Crippen LogP contribution in [0.15, 0.2) is 34.2 Å². The smallest absolute Gasteiger partial charge is 0.285 e. The van der Waals surface area contributed by atoms with Crippen LogP contribution in [0.4, 0.5) is 4.39 Å². The van der Waals surface area contributed by atoms with Crippen LogP contribution in [0, 0.1) is 5.82 Å². The molecule has 0 saturated carbocycles. The topological polar surface area (TPSA) is 53.0 Å². The van der Waals surface area contributed by atoms with E-state index in [0.29, 0.717) is 17.0 Å². The van der Waals surface area contributed by atoms with Crippen LogP contribution in [-0.4, -0.2) is 56.8 Å². The van der Waals surface area contributed by atoms with Gasteiger partial charge < -0.3 is 9.80 Å². The molecule has 0 spiro atoms. The zero-order valence-electron chi connectivity index (χ0n) is 13.3. The van der Waals surface area contributed by atoms with Crippen LogP contribution in [-0.2, 0) is 10.0 Å². The number of hydrogen-bond acceptors (Lipinski definition) is 4. The highest BCUT2D eigenvalue weighted by molar-refractivity contribution is 8.00. The summed E-state index contributed by atoms with van der Waals surface area (Å²) in [5.41, 5.74) is 1.12. The molecule has 2 aliphatic heterocycles. The molecular formula is C16H20FN3O2S. The Kier molecular flexibility index (Phi) is 4.25. The van der Waals surface area contributed by atoms with Gasteiger partial charge in [-0.05, 0) is 31.2 Å². The van der Waals surface area contributed by atoms with Crippen molar-refractivity contribution >= 4 is 20.8 Å². The summed E-state index contributed by atoms with van der Waals surface area (Å²) in [5, 5.41) is 0. The van der Waals surface area contributed by atoms with Gasteiger partial charge in [0.2, 0.25) is 0 Å². The number of halogens is 1. The Balaban J connectivity index is 1.93. The average molecular weight is 337 g/mol. The Morgan fingerprint density at radius 3 is 2.30 bits per heavy atom. The normalized spacial score (nSPS) is 21.7. The van der Waals surface area contributed by atoms with Crippen LogP contribution in [0.2, 0.25) is 0 Å². The van der Waals surface area contributed by atoms with E-state index in [0.717, 1.165) is 32.7 Å². The molecule has 0 N–H and O–H groups in total. The van der Waals surface area contributed by atoms with Crippen molar-refractivity contribution in [2.45, 2.75) is 13.8 Å². The molecule has 7 heteroatoms. The summed E-state index contributed by atoms with van der Waals surface area (Å²) in [6.07, 6.45) is 0. The van der Waals surface area contributed by atoms with Crippen molar-refractivity contribution in [1.29, 1.82) is 0 Å². The second-order valence-corrected chi connectivity index (χ2v) is 7.31. The summed E-state index contributed by atoms with van der Waals surface area (Å²) in [7, 11) is -3.73. The first-order chi connectivity index (χ1) is 10.9. The van der Waals surface area contributed by atoms with E-state index in [1.54, 1.807) is 6.92 Å². The first kappa shape index (κ1) is 16.1. The number of likely N-dealkylation sites (N-methyl/N-ethyl adjacent to an activating group) is 1. The van der Waals surface area contributed by atoms with Crippen LogP contribution < -0.4 is 0 Å².